The van der Waals surface area contributed by atoms with E-state index in [4.69, 9.17) is 9.22 Å². The average Bonchev–Trinajstić information content (AvgIpc) is 2.12. The lowest BCUT2D eigenvalue weighted by molar-refractivity contribution is -0.0201. The summed E-state index contributed by atoms with van der Waals surface area (Å²) in [5.41, 5.74) is -0.0589. The highest BCUT2D eigenvalue weighted by Crippen LogP contribution is 2.33. The zero-order valence-corrected chi connectivity index (χ0v) is 13.9. The first kappa shape index (κ1) is 17.3. The van der Waals surface area contributed by atoms with E-state index in [-0.39, 0.29) is 5.54 Å². The van der Waals surface area contributed by atoms with Gasteiger partial charge in [0.05, 0.1) is 12.7 Å². The van der Waals surface area contributed by atoms with Crippen molar-refractivity contribution in [1.29, 1.82) is 0 Å². The smallest absolute Gasteiger partial charge is 0.179 e. The standard InChI is InChI=1S/C11H28O4Si2/c1-7-10(11(14)9(13)8-12)17(5,6)15-16(2,3)4/h9-14H,7-8H2,1-6H3. The van der Waals surface area contributed by atoms with E-state index in [1.807, 2.05) is 6.92 Å². The minimum Gasteiger partial charge on any atom is -0.455 e. The lowest BCUT2D eigenvalue weighted by atomic mass is 10.1. The Morgan fingerprint density at radius 2 is 1.53 bits per heavy atom. The molecule has 6 heteroatoms. The summed E-state index contributed by atoms with van der Waals surface area (Å²) < 4.78 is 6.22. The highest BCUT2D eigenvalue weighted by Gasteiger charge is 2.42. The van der Waals surface area contributed by atoms with Gasteiger partial charge in [0.2, 0.25) is 0 Å². The third kappa shape index (κ3) is 5.63. The maximum atomic E-state index is 10.1. The van der Waals surface area contributed by atoms with E-state index < -0.39 is 35.4 Å². The molecule has 0 spiro atoms. The topological polar surface area (TPSA) is 69.9 Å². The first-order valence-corrected chi connectivity index (χ1v) is 12.6. The minimum atomic E-state index is -2.07. The number of hydrogen-bond donors (Lipinski definition) is 3. The molecule has 3 N–H and O–H groups in total. The van der Waals surface area contributed by atoms with E-state index in [1.165, 1.54) is 0 Å². The molecule has 0 aromatic carbocycles. The molecule has 0 saturated heterocycles. The van der Waals surface area contributed by atoms with Crippen LogP contribution in [-0.4, -0.2) is 50.8 Å². The van der Waals surface area contributed by atoms with Gasteiger partial charge in [0.25, 0.3) is 0 Å². The summed E-state index contributed by atoms with van der Waals surface area (Å²) in [5, 5.41) is 28.6. The predicted molar refractivity (Wildman–Crippen MR) is 75.1 cm³/mol. The van der Waals surface area contributed by atoms with Crippen molar-refractivity contribution in [3.63, 3.8) is 0 Å². The fourth-order valence-electron chi connectivity index (χ4n) is 2.39. The van der Waals surface area contributed by atoms with Gasteiger partial charge in [0.1, 0.15) is 6.10 Å². The molecule has 0 aromatic heterocycles. The second kappa shape index (κ2) is 6.44. The Morgan fingerprint density at radius 3 is 1.82 bits per heavy atom. The molecule has 104 valence electrons. The first-order valence-electron chi connectivity index (χ1n) is 6.22. The van der Waals surface area contributed by atoms with Crippen molar-refractivity contribution in [2.24, 2.45) is 0 Å². The van der Waals surface area contributed by atoms with Crippen LogP contribution >= 0.6 is 0 Å². The Balaban J connectivity index is 4.85. The second-order valence-electron chi connectivity index (χ2n) is 6.07. The molecule has 0 rings (SSSR count). The van der Waals surface area contributed by atoms with Crippen molar-refractivity contribution in [2.75, 3.05) is 6.61 Å². The number of hydrogen-bond acceptors (Lipinski definition) is 4. The molecule has 17 heavy (non-hydrogen) atoms. The van der Waals surface area contributed by atoms with Crippen LogP contribution in [0.5, 0.6) is 0 Å². The van der Waals surface area contributed by atoms with Gasteiger partial charge in [-0.2, -0.15) is 0 Å². The fourth-order valence-corrected chi connectivity index (χ4v) is 11.3. The summed E-state index contributed by atoms with van der Waals surface area (Å²) in [4.78, 5) is 0. The highest BCUT2D eigenvalue weighted by molar-refractivity contribution is 6.85. The Labute approximate surface area is 107 Å². The van der Waals surface area contributed by atoms with Crippen LogP contribution in [0.1, 0.15) is 13.3 Å². The Kier molecular flexibility index (Phi) is 6.55. The van der Waals surface area contributed by atoms with Crippen LogP contribution in [0.4, 0.5) is 0 Å². The van der Waals surface area contributed by atoms with Crippen LogP contribution in [0.3, 0.4) is 0 Å². The molecule has 0 aromatic rings. The largest absolute Gasteiger partial charge is 0.455 e. The molecule has 0 bridgehead atoms. The van der Waals surface area contributed by atoms with Gasteiger partial charge in [0.15, 0.2) is 16.6 Å². The minimum absolute atomic E-state index is 0.0589. The molecule has 4 nitrogen and oxygen atoms in total. The number of aliphatic hydroxyl groups is 3. The SMILES string of the molecule is CCC(C(O)C(O)CO)[Si](C)(C)O[Si](C)(C)C. The third-order valence-electron chi connectivity index (χ3n) is 2.90. The van der Waals surface area contributed by atoms with E-state index in [1.54, 1.807) is 0 Å². The number of aliphatic hydroxyl groups excluding tert-OH is 3. The van der Waals surface area contributed by atoms with Crippen LogP contribution in [0.15, 0.2) is 0 Å². The lowest BCUT2D eigenvalue weighted by Gasteiger charge is -2.40. The van der Waals surface area contributed by atoms with E-state index in [9.17, 15) is 10.2 Å². The van der Waals surface area contributed by atoms with Gasteiger partial charge in [-0.1, -0.05) is 13.3 Å². The highest BCUT2D eigenvalue weighted by atomic mass is 28.4. The molecule has 0 aliphatic heterocycles. The monoisotopic (exact) mass is 280 g/mol. The summed E-state index contributed by atoms with van der Waals surface area (Å²) >= 11 is 0. The van der Waals surface area contributed by atoms with E-state index >= 15 is 0 Å². The Bertz CT molecular complexity index is 228. The van der Waals surface area contributed by atoms with Gasteiger partial charge < -0.3 is 19.4 Å². The second-order valence-corrected chi connectivity index (χ2v) is 15.1. The quantitative estimate of drug-likeness (QED) is 0.619. The Morgan fingerprint density at radius 1 is 1.06 bits per heavy atom. The van der Waals surface area contributed by atoms with Gasteiger partial charge in [0, 0.05) is 5.54 Å². The van der Waals surface area contributed by atoms with Crippen LogP contribution in [0, 0.1) is 0 Å². The molecule has 3 unspecified atom stereocenters. The maximum Gasteiger partial charge on any atom is 0.179 e. The van der Waals surface area contributed by atoms with Gasteiger partial charge >= 0.3 is 0 Å². The lowest BCUT2D eigenvalue weighted by Crippen LogP contribution is -2.51. The van der Waals surface area contributed by atoms with E-state index in [0.29, 0.717) is 0 Å². The predicted octanol–water partition coefficient (Wildman–Crippen LogP) is 1.54. The molecular formula is C11H28O4Si2. The Hall–Kier alpha value is 0.274. The van der Waals surface area contributed by atoms with Crippen molar-refractivity contribution in [2.45, 2.75) is 63.8 Å². The molecular weight excluding hydrogens is 252 g/mol. The molecule has 0 aliphatic carbocycles. The maximum absolute atomic E-state index is 10.1. The molecule has 0 amide bonds. The molecule has 0 aliphatic rings. The normalized spacial score (nSPS) is 18.9. The van der Waals surface area contributed by atoms with Crippen LogP contribution in [-0.2, 0) is 4.12 Å². The molecule has 0 radical (unpaired) electrons. The zero-order valence-electron chi connectivity index (χ0n) is 11.9. The average molecular weight is 281 g/mol. The summed E-state index contributed by atoms with van der Waals surface area (Å²) in [6.45, 7) is 12.1. The van der Waals surface area contributed by atoms with E-state index in [0.717, 1.165) is 6.42 Å². The van der Waals surface area contributed by atoms with Crippen LogP contribution in [0.25, 0.3) is 0 Å². The van der Waals surface area contributed by atoms with Crippen LogP contribution in [0.2, 0.25) is 38.3 Å². The van der Waals surface area contributed by atoms with Crippen molar-refractivity contribution in [1.82, 2.24) is 0 Å². The van der Waals surface area contributed by atoms with Crippen molar-refractivity contribution >= 4 is 16.6 Å². The van der Waals surface area contributed by atoms with Crippen molar-refractivity contribution < 1.29 is 19.4 Å². The third-order valence-corrected chi connectivity index (χ3v) is 9.99. The van der Waals surface area contributed by atoms with E-state index in [2.05, 4.69) is 32.7 Å². The molecule has 3 atom stereocenters. The van der Waals surface area contributed by atoms with Gasteiger partial charge in [-0.25, -0.2) is 0 Å². The summed E-state index contributed by atoms with van der Waals surface area (Å²) in [7, 11) is -3.73. The van der Waals surface area contributed by atoms with Crippen LogP contribution < -0.4 is 0 Å². The number of rotatable bonds is 7. The van der Waals surface area contributed by atoms with Crippen molar-refractivity contribution in [3.05, 3.63) is 0 Å². The van der Waals surface area contributed by atoms with Gasteiger partial charge in [-0.05, 0) is 32.7 Å². The molecule has 0 saturated carbocycles. The summed E-state index contributed by atoms with van der Waals surface area (Å²) in [6, 6.07) is 0. The zero-order chi connectivity index (χ0) is 13.9. The summed E-state index contributed by atoms with van der Waals surface area (Å²) in [6.07, 6.45) is -1.22. The molecule has 0 heterocycles. The van der Waals surface area contributed by atoms with Gasteiger partial charge in [-0.15, -0.1) is 0 Å². The summed E-state index contributed by atoms with van der Waals surface area (Å²) in [5.74, 6) is 0. The first-order chi connectivity index (χ1) is 7.55. The fraction of sp³-hybridized carbons (Fsp3) is 1.00. The van der Waals surface area contributed by atoms with Crippen molar-refractivity contribution in [3.8, 4) is 0 Å². The molecule has 0 fully saturated rings. The van der Waals surface area contributed by atoms with Gasteiger partial charge in [-0.3, -0.25) is 0 Å².